The fourth-order valence-electron chi connectivity index (χ4n) is 2.11. The Labute approximate surface area is 105 Å². The van der Waals surface area contributed by atoms with E-state index in [1.165, 1.54) is 0 Å². The van der Waals surface area contributed by atoms with Crippen LogP contribution < -0.4 is 5.73 Å². The Morgan fingerprint density at radius 3 is 2.50 bits per heavy atom. The minimum atomic E-state index is -1.60. The van der Waals surface area contributed by atoms with E-state index in [1.54, 1.807) is 0 Å². The SMILES string of the molecule is Cc1ccc2ccccc2c1C(O)C(O)C(N)=O. The number of hydrogen-bond acceptors (Lipinski definition) is 3. The van der Waals surface area contributed by atoms with Crippen LogP contribution in [0.3, 0.4) is 0 Å². The number of primary amides is 1. The maximum Gasteiger partial charge on any atom is 0.249 e. The van der Waals surface area contributed by atoms with Crippen molar-refractivity contribution >= 4 is 16.7 Å². The van der Waals surface area contributed by atoms with Gasteiger partial charge in [-0.25, -0.2) is 0 Å². The summed E-state index contributed by atoms with van der Waals surface area (Å²) in [7, 11) is 0. The molecule has 0 aromatic heterocycles. The predicted octanol–water partition coefficient (Wildman–Crippen LogP) is 1.03. The molecule has 4 nitrogen and oxygen atoms in total. The molecule has 0 saturated heterocycles. The number of amides is 1. The summed E-state index contributed by atoms with van der Waals surface area (Å²) in [5.74, 6) is -0.935. The smallest absolute Gasteiger partial charge is 0.249 e. The molecule has 0 heterocycles. The summed E-state index contributed by atoms with van der Waals surface area (Å²) in [6.45, 7) is 1.82. The molecule has 0 spiro atoms. The van der Waals surface area contributed by atoms with Crippen LogP contribution in [0.25, 0.3) is 10.8 Å². The largest absolute Gasteiger partial charge is 0.385 e. The van der Waals surface area contributed by atoms with Gasteiger partial charge < -0.3 is 15.9 Å². The van der Waals surface area contributed by atoms with Gasteiger partial charge in [-0.1, -0.05) is 36.4 Å². The number of aliphatic hydroxyl groups excluding tert-OH is 2. The van der Waals surface area contributed by atoms with Gasteiger partial charge >= 0.3 is 0 Å². The summed E-state index contributed by atoms with van der Waals surface area (Å²) >= 11 is 0. The first-order chi connectivity index (χ1) is 8.52. The van der Waals surface area contributed by atoms with Crippen molar-refractivity contribution in [2.75, 3.05) is 0 Å². The molecular weight excluding hydrogens is 230 g/mol. The topological polar surface area (TPSA) is 83.6 Å². The lowest BCUT2D eigenvalue weighted by molar-refractivity contribution is -0.131. The van der Waals surface area contributed by atoms with Gasteiger partial charge in [-0.2, -0.15) is 0 Å². The molecule has 2 aromatic carbocycles. The maximum atomic E-state index is 11.0. The van der Waals surface area contributed by atoms with E-state index in [1.807, 2.05) is 43.3 Å². The van der Waals surface area contributed by atoms with Crippen molar-refractivity contribution < 1.29 is 15.0 Å². The highest BCUT2D eigenvalue weighted by atomic mass is 16.3. The zero-order valence-corrected chi connectivity index (χ0v) is 10.00. The van der Waals surface area contributed by atoms with E-state index in [4.69, 9.17) is 5.73 Å². The number of fused-ring (bicyclic) bond motifs is 1. The van der Waals surface area contributed by atoms with Crippen LogP contribution in [0, 0.1) is 6.92 Å². The van der Waals surface area contributed by atoms with E-state index in [-0.39, 0.29) is 0 Å². The van der Waals surface area contributed by atoms with Crippen LogP contribution in [0.1, 0.15) is 17.2 Å². The first-order valence-electron chi connectivity index (χ1n) is 5.66. The number of hydrogen-bond donors (Lipinski definition) is 3. The Kier molecular flexibility index (Phi) is 3.32. The highest BCUT2D eigenvalue weighted by Crippen LogP contribution is 2.29. The van der Waals surface area contributed by atoms with E-state index in [9.17, 15) is 15.0 Å². The van der Waals surface area contributed by atoms with E-state index in [0.29, 0.717) is 5.56 Å². The Balaban J connectivity index is 2.62. The van der Waals surface area contributed by atoms with Gasteiger partial charge in [0, 0.05) is 0 Å². The summed E-state index contributed by atoms with van der Waals surface area (Å²) in [5.41, 5.74) is 6.37. The average Bonchev–Trinajstić information content (AvgIpc) is 2.37. The summed E-state index contributed by atoms with van der Waals surface area (Å²) in [4.78, 5) is 11.0. The quantitative estimate of drug-likeness (QED) is 0.755. The normalized spacial score (nSPS) is 14.4. The molecule has 18 heavy (non-hydrogen) atoms. The molecule has 2 unspecified atom stereocenters. The minimum absolute atomic E-state index is 0.541. The van der Waals surface area contributed by atoms with Crippen LogP contribution in [0.2, 0.25) is 0 Å². The lowest BCUT2D eigenvalue weighted by atomic mass is 9.93. The standard InChI is InChI=1S/C14H15NO3/c1-8-6-7-9-4-2-3-5-10(9)11(8)12(16)13(17)14(15)18/h2-7,12-13,16-17H,1H3,(H2,15,18). The van der Waals surface area contributed by atoms with Crippen molar-refractivity contribution in [2.24, 2.45) is 5.73 Å². The van der Waals surface area contributed by atoms with Gasteiger partial charge in [-0.15, -0.1) is 0 Å². The fraction of sp³-hybridized carbons (Fsp3) is 0.214. The van der Waals surface area contributed by atoms with Crippen molar-refractivity contribution in [1.29, 1.82) is 0 Å². The van der Waals surface area contributed by atoms with Crippen molar-refractivity contribution in [1.82, 2.24) is 0 Å². The molecule has 0 saturated carbocycles. The number of benzene rings is 2. The molecule has 1 amide bonds. The zero-order valence-electron chi connectivity index (χ0n) is 10.00. The third-order valence-electron chi connectivity index (χ3n) is 3.08. The zero-order chi connectivity index (χ0) is 13.3. The van der Waals surface area contributed by atoms with Gasteiger partial charge in [-0.3, -0.25) is 4.79 Å². The lowest BCUT2D eigenvalue weighted by Crippen LogP contribution is -2.34. The van der Waals surface area contributed by atoms with Crippen LogP contribution in [0.4, 0.5) is 0 Å². The minimum Gasteiger partial charge on any atom is -0.385 e. The second-order valence-electron chi connectivity index (χ2n) is 4.31. The molecule has 4 N–H and O–H groups in total. The molecule has 2 atom stereocenters. The number of aliphatic hydroxyl groups is 2. The third kappa shape index (κ3) is 2.08. The van der Waals surface area contributed by atoms with Crippen LogP contribution in [-0.4, -0.2) is 22.2 Å². The van der Waals surface area contributed by atoms with E-state index >= 15 is 0 Å². The molecule has 2 aromatic rings. The highest BCUT2D eigenvalue weighted by Gasteiger charge is 2.26. The predicted molar refractivity (Wildman–Crippen MR) is 68.8 cm³/mol. The molecular formula is C14H15NO3. The summed E-state index contributed by atoms with van der Waals surface area (Å²) in [6, 6.07) is 11.2. The van der Waals surface area contributed by atoms with Crippen LogP contribution in [0.15, 0.2) is 36.4 Å². The summed E-state index contributed by atoms with van der Waals surface area (Å²) < 4.78 is 0. The van der Waals surface area contributed by atoms with Gasteiger partial charge in [0.25, 0.3) is 0 Å². The highest BCUT2D eigenvalue weighted by molar-refractivity contribution is 5.88. The number of rotatable bonds is 3. The van der Waals surface area contributed by atoms with Gasteiger partial charge in [-0.05, 0) is 28.8 Å². The van der Waals surface area contributed by atoms with Gasteiger partial charge in [0.15, 0.2) is 6.10 Å². The molecule has 0 fully saturated rings. The van der Waals surface area contributed by atoms with Crippen molar-refractivity contribution in [3.05, 3.63) is 47.5 Å². The van der Waals surface area contributed by atoms with E-state index < -0.39 is 18.1 Å². The van der Waals surface area contributed by atoms with E-state index in [0.717, 1.165) is 16.3 Å². The summed E-state index contributed by atoms with van der Waals surface area (Å²) in [6.07, 6.45) is -2.91. The van der Waals surface area contributed by atoms with Crippen LogP contribution >= 0.6 is 0 Å². The second kappa shape index (κ2) is 4.76. The van der Waals surface area contributed by atoms with Crippen LogP contribution in [0.5, 0.6) is 0 Å². The molecule has 94 valence electrons. The van der Waals surface area contributed by atoms with Crippen molar-refractivity contribution in [3.63, 3.8) is 0 Å². The van der Waals surface area contributed by atoms with Gasteiger partial charge in [0.1, 0.15) is 6.10 Å². The first kappa shape index (κ1) is 12.5. The summed E-state index contributed by atoms with van der Waals surface area (Å²) in [5, 5.41) is 21.4. The van der Waals surface area contributed by atoms with Crippen molar-refractivity contribution in [2.45, 2.75) is 19.1 Å². The molecule has 0 aliphatic heterocycles. The fourth-order valence-corrected chi connectivity index (χ4v) is 2.11. The molecule has 2 rings (SSSR count). The number of aryl methyl sites for hydroxylation is 1. The molecule has 4 heteroatoms. The number of carbonyl (C=O) groups excluding carboxylic acids is 1. The van der Waals surface area contributed by atoms with E-state index in [2.05, 4.69) is 0 Å². The van der Waals surface area contributed by atoms with Gasteiger partial charge in [0.05, 0.1) is 0 Å². The molecule has 0 aliphatic carbocycles. The third-order valence-corrected chi connectivity index (χ3v) is 3.08. The molecule has 0 bridgehead atoms. The molecule has 0 radical (unpaired) electrons. The Morgan fingerprint density at radius 1 is 1.17 bits per heavy atom. The van der Waals surface area contributed by atoms with Crippen LogP contribution in [-0.2, 0) is 4.79 Å². The average molecular weight is 245 g/mol. The van der Waals surface area contributed by atoms with Crippen molar-refractivity contribution in [3.8, 4) is 0 Å². The van der Waals surface area contributed by atoms with Gasteiger partial charge in [0.2, 0.25) is 5.91 Å². The Morgan fingerprint density at radius 2 is 1.83 bits per heavy atom. The maximum absolute atomic E-state index is 11.0. The second-order valence-corrected chi connectivity index (χ2v) is 4.31. The number of nitrogens with two attached hydrogens (primary N) is 1. The first-order valence-corrected chi connectivity index (χ1v) is 5.66. The Bertz CT molecular complexity index is 595. The lowest BCUT2D eigenvalue weighted by Gasteiger charge is -2.19. The molecule has 0 aliphatic rings. The monoisotopic (exact) mass is 245 g/mol. The number of carbonyl (C=O) groups is 1. The Hall–Kier alpha value is -1.91.